The minimum absolute atomic E-state index is 0.0494. The number of nitrogens with one attached hydrogen (secondary N) is 6. The number of nitrogens with two attached hydrogens (primary N) is 1. The van der Waals surface area contributed by atoms with E-state index < -0.39 is 115 Å². The molecule has 20 heteroatoms. The van der Waals surface area contributed by atoms with Gasteiger partial charge in [0, 0.05) is 25.3 Å². The molecular formula is C49H63N7O13. The van der Waals surface area contributed by atoms with E-state index in [9.17, 15) is 53.4 Å². The smallest absolute Gasteiger partial charge is 0.407 e. The summed E-state index contributed by atoms with van der Waals surface area (Å²) in [7, 11) is 0. The fourth-order valence-electron chi connectivity index (χ4n) is 7.62. The highest BCUT2D eigenvalue weighted by Crippen LogP contribution is 2.44. The van der Waals surface area contributed by atoms with E-state index in [1.54, 1.807) is 65.0 Å². The molecule has 372 valence electrons. The molecule has 3 aromatic carbocycles. The number of hydrogen-bond donors (Lipinski definition) is 9. The third kappa shape index (κ3) is 17.3. The number of hydrogen-bond acceptors (Lipinski definition) is 11. The summed E-state index contributed by atoms with van der Waals surface area (Å²) >= 11 is 0. The molecule has 0 fully saturated rings. The van der Waals surface area contributed by atoms with Crippen molar-refractivity contribution in [2.24, 2.45) is 11.7 Å². The van der Waals surface area contributed by atoms with Gasteiger partial charge in [-0.3, -0.25) is 28.8 Å². The Morgan fingerprint density at radius 3 is 1.70 bits per heavy atom. The Bertz CT molecular complexity index is 2270. The maximum Gasteiger partial charge on any atom is 0.407 e. The number of aliphatic carboxylic acids is 2. The molecule has 1 aliphatic rings. The predicted octanol–water partition coefficient (Wildman–Crippen LogP) is 3.25. The van der Waals surface area contributed by atoms with Crippen LogP contribution in [-0.4, -0.2) is 113 Å². The monoisotopic (exact) mass is 957 g/mol. The van der Waals surface area contributed by atoms with Crippen molar-refractivity contribution in [3.63, 3.8) is 0 Å². The summed E-state index contributed by atoms with van der Waals surface area (Å²) in [6.45, 7) is 8.36. The molecule has 0 heterocycles. The number of rotatable bonds is 25. The first-order valence-electron chi connectivity index (χ1n) is 22.7. The molecule has 1 aliphatic carbocycles. The Kier molecular flexibility index (Phi) is 20.1. The summed E-state index contributed by atoms with van der Waals surface area (Å²) in [6, 6.07) is 16.3. The summed E-state index contributed by atoms with van der Waals surface area (Å²) in [5.41, 5.74) is 9.29. The van der Waals surface area contributed by atoms with Gasteiger partial charge in [-0.15, -0.1) is 0 Å². The molecule has 0 saturated carbocycles. The maximum atomic E-state index is 14.1. The number of fused-ring (bicyclic) bond motifs is 3. The number of carbonyl (C=O) groups excluding carboxylic acids is 7. The molecule has 3 aromatic rings. The van der Waals surface area contributed by atoms with Crippen LogP contribution in [0.4, 0.5) is 9.59 Å². The largest absolute Gasteiger partial charge is 0.481 e. The molecule has 0 saturated heterocycles. The second kappa shape index (κ2) is 25.6. The number of ether oxygens (including phenoxy) is 2. The van der Waals surface area contributed by atoms with E-state index in [0.29, 0.717) is 5.56 Å². The van der Waals surface area contributed by atoms with Gasteiger partial charge in [0.15, 0.2) is 0 Å². The summed E-state index contributed by atoms with van der Waals surface area (Å²) in [5.74, 6) is -8.51. The molecule has 20 nitrogen and oxygen atoms in total. The van der Waals surface area contributed by atoms with Crippen LogP contribution in [0.3, 0.4) is 0 Å². The molecule has 0 aromatic heterocycles. The van der Waals surface area contributed by atoms with Crippen LogP contribution in [0.15, 0.2) is 78.9 Å². The van der Waals surface area contributed by atoms with Crippen molar-refractivity contribution in [1.82, 2.24) is 31.9 Å². The fraction of sp³-hybridized carbons (Fsp3) is 0.449. The van der Waals surface area contributed by atoms with Gasteiger partial charge >= 0.3 is 24.1 Å². The van der Waals surface area contributed by atoms with Crippen LogP contribution in [0.5, 0.6) is 0 Å². The second-order valence-electron chi connectivity index (χ2n) is 18.0. The van der Waals surface area contributed by atoms with E-state index in [2.05, 4.69) is 31.9 Å². The van der Waals surface area contributed by atoms with Gasteiger partial charge in [0.25, 0.3) is 0 Å². The Hall–Kier alpha value is -7.51. The lowest BCUT2D eigenvalue weighted by molar-refractivity contribution is -0.143. The minimum atomic E-state index is -1.69. The first kappa shape index (κ1) is 54.1. The number of primary amides is 1. The summed E-state index contributed by atoms with van der Waals surface area (Å²) in [4.78, 5) is 117. The SMILES string of the molecule is CC(C)[C@H](NC(=O)OCC1c2ccccc2-c2ccccc21)C(=O)N[C@@H](CC(N)=O)C(=O)N[C@@H](CCCCNC(=O)OC(C)(C)C)C(=O)N[C@@H](CCC(=O)O)C(=O)N[C@@H](Cc1ccccc1)C(=O)O. The van der Waals surface area contributed by atoms with Crippen LogP contribution in [0.2, 0.25) is 0 Å². The standard InChI is InChI=1S/C49H63N7O13/c1-28(2)41(56-48(67)68-27-34-32-19-11-9-17-30(32)31-18-10-12-20-33(31)34)45(63)54-37(26-39(50)57)44(62)52-35(21-13-14-24-51-47(66)69-49(3,4)5)42(60)53-36(22-23-40(58)59)43(61)55-38(46(64)65)25-29-15-7-6-8-16-29/h6-12,15-20,28,34-38,41H,13-14,21-27H2,1-5H3,(H2,50,57)(H,51,66)(H,52,62)(H,53,60)(H,54,63)(H,55,61)(H,56,67)(H,58,59)(H,64,65)/t35-,36-,37-,38-,41-/m0/s1. The van der Waals surface area contributed by atoms with Gasteiger partial charge in [0.1, 0.15) is 42.4 Å². The van der Waals surface area contributed by atoms with Gasteiger partial charge in [-0.05, 0) is 80.2 Å². The number of carbonyl (C=O) groups is 9. The molecule has 0 bridgehead atoms. The van der Waals surface area contributed by atoms with Crippen molar-refractivity contribution in [3.8, 4) is 11.1 Å². The summed E-state index contributed by atoms with van der Waals surface area (Å²) in [6.07, 6.45) is -3.33. The zero-order valence-corrected chi connectivity index (χ0v) is 39.4. The average molecular weight is 958 g/mol. The van der Waals surface area contributed by atoms with Gasteiger partial charge in [0.2, 0.25) is 29.5 Å². The maximum absolute atomic E-state index is 14.1. The van der Waals surface area contributed by atoms with Crippen molar-refractivity contribution < 1.29 is 62.8 Å². The van der Waals surface area contributed by atoms with E-state index in [1.807, 2.05) is 48.5 Å². The highest BCUT2D eigenvalue weighted by molar-refractivity contribution is 5.97. The third-order valence-electron chi connectivity index (χ3n) is 11.0. The zero-order chi connectivity index (χ0) is 50.8. The number of unbranched alkanes of at least 4 members (excludes halogenated alkanes) is 1. The first-order chi connectivity index (χ1) is 32.6. The third-order valence-corrected chi connectivity index (χ3v) is 11.0. The second-order valence-corrected chi connectivity index (χ2v) is 18.0. The van der Waals surface area contributed by atoms with Crippen molar-refractivity contribution in [1.29, 1.82) is 0 Å². The summed E-state index contributed by atoms with van der Waals surface area (Å²) < 4.78 is 10.9. The molecule has 10 N–H and O–H groups in total. The first-order valence-corrected chi connectivity index (χ1v) is 22.7. The van der Waals surface area contributed by atoms with Gasteiger partial charge in [-0.25, -0.2) is 14.4 Å². The van der Waals surface area contributed by atoms with Crippen LogP contribution in [0.1, 0.15) is 95.8 Å². The van der Waals surface area contributed by atoms with Crippen LogP contribution in [0.25, 0.3) is 11.1 Å². The number of carboxylic acid groups (broad SMARTS) is 2. The molecule has 0 aliphatic heterocycles. The predicted molar refractivity (Wildman–Crippen MR) is 251 cm³/mol. The van der Waals surface area contributed by atoms with E-state index >= 15 is 0 Å². The number of carboxylic acids is 2. The topological polar surface area (TPSA) is 311 Å². The van der Waals surface area contributed by atoms with E-state index in [1.165, 1.54) is 0 Å². The Morgan fingerprint density at radius 2 is 1.16 bits per heavy atom. The lowest BCUT2D eigenvalue weighted by Gasteiger charge is -2.27. The Morgan fingerprint density at radius 1 is 0.638 bits per heavy atom. The zero-order valence-electron chi connectivity index (χ0n) is 39.4. The van der Waals surface area contributed by atoms with Crippen molar-refractivity contribution >= 4 is 53.7 Å². The van der Waals surface area contributed by atoms with Gasteiger partial charge in [-0.1, -0.05) is 92.7 Å². The molecule has 0 unspecified atom stereocenters. The lowest BCUT2D eigenvalue weighted by Crippen LogP contribution is -2.59. The molecule has 0 radical (unpaired) electrons. The fourth-order valence-corrected chi connectivity index (χ4v) is 7.62. The van der Waals surface area contributed by atoms with Gasteiger partial charge in [0.05, 0.1) is 6.42 Å². The quantitative estimate of drug-likeness (QED) is 0.0552. The van der Waals surface area contributed by atoms with E-state index in [0.717, 1.165) is 22.3 Å². The van der Waals surface area contributed by atoms with Crippen LogP contribution < -0.4 is 37.6 Å². The molecule has 69 heavy (non-hydrogen) atoms. The number of amides is 7. The molecule has 5 atom stereocenters. The molecule has 4 rings (SSSR count). The molecular weight excluding hydrogens is 895 g/mol. The van der Waals surface area contributed by atoms with Crippen molar-refractivity contribution in [3.05, 3.63) is 95.6 Å². The van der Waals surface area contributed by atoms with Gasteiger partial charge < -0.3 is 57.3 Å². The minimum Gasteiger partial charge on any atom is -0.481 e. The normalized spacial score (nSPS) is 14.0. The van der Waals surface area contributed by atoms with Gasteiger partial charge in [-0.2, -0.15) is 0 Å². The van der Waals surface area contributed by atoms with E-state index in [4.69, 9.17) is 15.2 Å². The summed E-state index contributed by atoms with van der Waals surface area (Å²) in [5, 5.41) is 34.3. The highest BCUT2D eigenvalue weighted by atomic mass is 16.6. The molecule has 0 spiro atoms. The number of alkyl carbamates (subject to hydrolysis) is 2. The average Bonchev–Trinajstić information content (AvgIpc) is 3.60. The Balaban J connectivity index is 1.50. The van der Waals surface area contributed by atoms with Crippen molar-refractivity contribution in [2.45, 2.75) is 121 Å². The van der Waals surface area contributed by atoms with Crippen LogP contribution in [0, 0.1) is 5.92 Å². The number of benzene rings is 3. The van der Waals surface area contributed by atoms with E-state index in [-0.39, 0.29) is 44.8 Å². The Labute approximate surface area is 400 Å². The van der Waals surface area contributed by atoms with Crippen LogP contribution >= 0.6 is 0 Å². The van der Waals surface area contributed by atoms with Crippen LogP contribution in [-0.2, 0) is 49.5 Å². The molecule has 7 amide bonds. The van der Waals surface area contributed by atoms with Crippen molar-refractivity contribution in [2.75, 3.05) is 13.2 Å². The lowest BCUT2D eigenvalue weighted by atomic mass is 9.98. The highest BCUT2D eigenvalue weighted by Gasteiger charge is 2.35.